The van der Waals surface area contributed by atoms with Crippen molar-refractivity contribution in [1.82, 2.24) is 16.0 Å². The van der Waals surface area contributed by atoms with E-state index in [1.807, 2.05) is 6.92 Å². The van der Waals surface area contributed by atoms with Crippen LogP contribution in [0.15, 0.2) is 29.3 Å². The number of hydrogen-bond acceptors (Lipinski definition) is 3. The van der Waals surface area contributed by atoms with E-state index in [1.165, 1.54) is 6.07 Å². The number of amides is 1. The minimum absolute atomic E-state index is 0.0960. The van der Waals surface area contributed by atoms with Crippen LogP contribution >= 0.6 is 0 Å². The van der Waals surface area contributed by atoms with Crippen LogP contribution < -0.4 is 16.0 Å². The molecule has 0 atom stereocenters. The average Bonchev–Trinajstić information content (AvgIpc) is 2.54. The van der Waals surface area contributed by atoms with Crippen LogP contribution in [0.4, 0.5) is 18.0 Å². The van der Waals surface area contributed by atoms with Crippen LogP contribution in [0.25, 0.3) is 0 Å². The molecular weight excluding hydrogens is 361 g/mol. The molecule has 0 aliphatic heterocycles. The second-order valence-electron chi connectivity index (χ2n) is 6.75. The molecule has 1 aromatic carbocycles. The highest BCUT2D eigenvalue weighted by atomic mass is 19.4. The van der Waals surface area contributed by atoms with Gasteiger partial charge >= 0.3 is 12.3 Å². The third-order valence-electron chi connectivity index (χ3n) is 3.10. The van der Waals surface area contributed by atoms with Crippen LogP contribution in [0.5, 0.6) is 0 Å². The summed E-state index contributed by atoms with van der Waals surface area (Å²) in [5, 5.41) is 8.60. The zero-order valence-electron chi connectivity index (χ0n) is 16.0. The predicted octanol–water partition coefficient (Wildman–Crippen LogP) is 3.29. The highest BCUT2D eigenvalue weighted by Crippen LogP contribution is 2.29. The van der Waals surface area contributed by atoms with Crippen LogP contribution in [0.3, 0.4) is 0 Å². The molecule has 6 nitrogen and oxygen atoms in total. The molecule has 0 aromatic heterocycles. The van der Waals surface area contributed by atoms with Crippen molar-refractivity contribution < 1.29 is 22.7 Å². The maximum Gasteiger partial charge on any atom is 0.416 e. The first kappa shape index (κ1) is 22.6. The zero-order valence-corrected chi connectivity index (χ0v) is 16.0. The van der Waals surface area contributed by atoms with Gasteiger partial charge in [0, 0.05) is 19.6 Å². The zero-order chi connectivity index (χ0) is 20.5. The summed E-state index contributed by atoms with van der Waals surface area (Å²) in [4.78, 5) is 15.8. The maximum atomic E-state index is 12.8. The number of rotatable bonds is 6. The number of carbonyl (C=O) groups is 1. The molecule has 0 unspecified atom stereocenters. The van der Waals surface area contributed by atoms with E-state index >= 15 is 0 Å². The van der Waals surface area contributed by atoms with Crippen LogP contribution in [0, 0.1) is 0 Å². The van der Waals surface area contributed by atoms with Crippen molar-refractivity contribution in [3.05, 3.63) is 35.4 Å². The number of benzene rings is 1. The first-order valence-electron chi connectivity index (χ1n) is 8.66. The van der Waals surface area contributed by atoms with Gasteiger partial charge in [0.1, 0.15) is 5.60 Å². The average molecular weight is 388 g/mol. The molecule has 0 saturated carbocycles. The number of ether oxygens (including phenoxy) is 1. The van der Waals surface area contributed by atoms with Crippen molar-refractivity contribution in [1.29, 1.82) is 0 Å². The highest BCUT2D eigenvalue weighted by molar-refractivity contribution is 5.79. The number of hydrogen-bond donors (Lipinski definition) is 3. The first-order chi connectivity index (χ1) is 12.5. The second-order valence-corrected chi connectivity index (χ2v) is 6.75. The molecule has 1 aromatic rings. The third kappa shape index (κ3) is 9.72. The van der Waals surface area contributed by atoms with Gasteiger partial charge in [0.05, 0.1) is 12.1 Å². The van der Waals surface area contributed by atoms with Gasteiger partial charge in [-0.25, -0.2) is 9.79 Å². The summed E-state index contributed by atoms with van der Waals surface area (Å²) >= 11 is 0. The number of carbonyl (C=O) groups excluding carboxylic acids is 1. The molecule has 0 heterocycles. The van der Waals surface area contributed by atoms with Gasteiger partial charge in [-0.1, -0.05) is 12.1 Å². The Bertz CT molecular complexity index is 640. The SMILES string of the molecule is CCNC(=NCc1cccc(C(F)(F)F)c1)NCCNC(=O)OC(C)(C)C. The van der Waals surface area contributed by atoms with Gasteiger partial charge in [0.2, 0.25) is 0 Å². The van der Waals surface area contributed by atoms with E-state index in [2.05, 4.69) is 20.9 Å². The van der Waals surface area contributed by atoms with Gasteiger partial charge < -0.3 is 20.7 Å². The van der Waals surface area contributed by atoms with E-state index < -0.39 is 23.4 Å². The van der Waals surface area contributed by atoms with Crippen molar-refractivity contribution in [2.45, 2.75) is 46.0 Å². The molecule has 9 heteroatoms. The molecule has 152 valence electrons. The summed E-state index contributed by atoms with van der Waals surface area (Å²) in [5.74, 6) is 0.445. The van der Waals surface area contributed by atoms with Crippen molar-refractivity contribution in [3.63, 3.8) is 0 Å². The fourth-order valence-electron chi connectivity index (χ4n) is 2.02. The molecule has 0 bridgehead atoms. The number of alkyl halides is 3. The largest absolute Gasteiger partial charge is 0.444 e. The summed E-state index contributed by atoms with van der Waals surface area (Å²) in [7, 11) is 0. The number of guanidine groups is 1. The van der Waals surface area contributed by atoms with Crippen LogP contribution in [0.1, 0.15) is 38.8 Å². The second kappa shape index (κ2) is 10.0. The Morgan fingerprint density at radius 3 is 2.37 bits per heavy atom. The van der Waals surface area contributed by atoms with Gasteiger partial charge in [-0.05, 0) is 45.4 Å². The topological polar surface area (TPSA) is 74.8 Å². The quantitative estimate of drug-likeness (QED) is 0.397. The maximum absolute atomic E-state index is 12.8. The summed E-state index contributed by atoms with van der Waals surface area (Å²) in [6.07, 6.45) is -4.90. The molecule has 0 fully saturated rings. The monoisotopic (exact) mass is 388 g/mol. The molecule has 1 rings (SSSR count). The lowest BCUT2D eigenvalue weighted by Crippen LogP contribution is -2.42. The standard InChI is InChI=1S/C18H27F3N4O2/c1-5-22-15(23-9-10-24-16(26)27-17(2,3)4)25-12-13-7-6-8-14(11-13)18(19,20)21/h6-8,11H,5,9-10,12H2,1-4H3,(H,24,26)(H2,22,23,25). The van der Waals surface area contributed by atoms with Gasteiger partial charge in [-0.2, -0.15) is 13.2 Å². The Morgan fingerprint density at radius 1 is 1.11 bits per heavy atom. The lowest BCUT2D eigenvalue weighted by molar-refractivity contribution is -0.137. The minimum Gasteiger partial charge on any atom is -0.444 e. The highest BCUT2D eigenvalue weighted by Gasteiger charge is 2.30. The summed E-state index contributed by atoms with van der Waals surface area (Å²) in [6.45, 7) is 8.57. The van der Waals surface area contributed by atoms with E-state index in [0.29, 0.717) is 31.2 Å². The fraction of sp³-hybridized carbons (Fsp3) is 0.556. The molecule has 27 heavy (non-hydrogen) atoms. The predicted molar refractivity (Wildman–Crippen MR) is 98.5 cm³/mol. The Hall–Kier alpha value is -2.45. The molecular formula is C18H27F3N4O2. The van der Waals surface area contributed by atoms with Crippen molar-refractivity contribution in [3.8, 4) is 0 Å². The Kier molecular flexibility index (Phi) is 8.39. The molecule has 0 spiro atoms. The van der Waals surface area contributed by atoms with E-state index in [1.54, 1.807) is 26.8 Å². The van der Waals surface area contributed by atoms with Crippen LogP contribution in [-0.2, 0) is 17.5 Å². The Labute approximate surface area is 157 Å². The number of nitrogens with one attached hydrogen (secondary N) is 3. The molecule has 1 amide bonds. The van der Waals surface area contributed by atoms with Crippen LogP contribution in [-0.4, -0.2) is 37.3 Å². The van der Waals surface area contributed by atoms with Gasteiger partial charge in [-0.15, -0.1) is 0 Å². The van der Waals surface area contributed by atoms with E-state index in [4.69, 9.17) is 4.74 Å². The summed E-state index contributed by atoms with van der Waals surface area (Å²) < 4.78 is 43.4. The molecule has 0 radical (unpaired) electrons. The number of alkyl carbamates (subject to hydrolysis) is 1. The smallest absolute Gasteiger partial charge is 0.416 e. The first-order valence-corrected chi connectivity index (χ1v) is 8.66. The Morgan fingerprint density at radius 2 is 1.78 bits per heavy atom. The fourth-order valence-corrected chi connectivity index (χ4v) is 2.02. The molecule has 0 saturated heterocycles. The molecule has 3 N–H and O–H groups in total. The van der Waals surface area contributed by atoms with Crippen molar-refractivity contribution in [2.24, 2.45) is 4.99 Å². The van der Waals surface area contributed by atoms with E-state index in [-0.39, 0.29) is 6.54 Å². The normalized spacial score (nSPS) is 12.5. The number of nitrogens with zero attached hydrogens (tertiary/aromatic N) is 1. The van der Waals surface area contributed by atoms with Gasteiger partial charge in [0.15, 0.2) is 5.96 Å². The Balaban J connectivity index is 2.54. The van der Waals surface area contributed by atoms with Crippen molar-refractivity contribution >= 4 is 12.1 Å². The minimum atomic E-state index is -4.38. The number of halogens is 3. The lowest BCUT2D eigenvalue weighted by Gasteiger charge is -2.19. The van der Waals surface area contributed by atoms with Gasteiger partial charge in [0.25, 0.3) is 0 Å². The summed E-state index contributed by atoms with van der Waals surface area (Å²) in [6, 6.07) is 5.06. The molecule has 0 aliphatic carbocycles. The third-order valence-corrected chi connectivity index (χ3v) is 3.10. The number of aliphatic imine (C=N–C) groups is 1. The van der Waals surface area contributed by atoms with E-state index in [0.717, 1.165) is 12.1 Å². The van der Waals surface area contributed by atoms with E-state index in [9.17, 15) is 18.0 Å². The summed E-state index contributed by atoms with van der Waals surface area (Å²) in [5.41, 5.74) is -0.817. The lowest BCUT2D eigenvalue weighted by atomic mass is 10.1. The van der Waals surface area contributed by atoms with Crippen LogP contribution in [0.2, 0.25) is 0 Å². The van der Waals surface area contributed by atoms with Gasteiger partial charge in [-0.3, -0.25) is 0 Å². The molecule has 0 aliphatic rings. The van der Waals surface area contributed by atoms with Crippen molar-refractivity contribution in [2.75, 3.05) is 19.6 Å².